The molecule has 9 nitrogen and oxygen atoms in total. The van der Waals surface area contributed by atoms with Crippen molar-refractivity contribution in [2.45, 2.75) is 18.3 Å². The van der Waals surface area contributed by atoms with Gasteiger partial charge in [-0.25, -0.2) is 0 Å². The standard InChI is InChI=1S/C24H19F3N4O3.CH2O2/c1-31-19-13-15(4-5-16(19)14-29-31)22(32)30-23(10-12-33-20-3-2-11-28-21(20)23)17-6-8-18(9-7-17)34-24(25,26)27;2-1-3/h2-9,11,13-14H,10,12H2,1H3,(H,30,32);1H,(H,2,3). The number of benzene rings is 2. The number of fused-ring (bicyclic) bond motifs is 2. The van der Waals surface area contributed by atoms with Gasteiger partial charge in [0, 0.05) is 30.6 Å². The maximum atomic E-state index is 13.4. The Kier molecular flexibility index (Phi) is 7.00. The van der Waals surface area contributed by atoms with E-state index in [2.05, 4.69) is 20.1 Å². The molecular formula is C25H21F3N4O5. The third kappa shape index (κ3) is 5.32. The fraction of sp³-hybridized carbons (Fsp3) is 0.200. The van der Waals surface area contributed by atoms with Gasteiger partial charge < -0.3 is 19.9 Å². The molecule has 2 N–H and O–H groups in total. The second-order valence-corrected chi connectivity index (χ2v) is 8.03. The van der Waals surface area contributed by atoms with E-state index in [0.717, 1.165) is 10.9 Å². The molecule has 12 heteroatoms. The Labute approximate surface area is 208 Å². The van der Waals surface area contributed by atoms with Gasteiger partial charge in [0.2, 0.25) is 0 Å². The average molecular weight is 514 g/mol. The van der Waals surface area contributed by atoms with Gasteiger partial charge in [0.05, 0.1) is 18.3 Å². The molecule has 0 radical (unpaired) electrons. The molecule has 1 amide bonds. The van der Waals surface area contributed by atoms with Crippen LogP contribution in [0.2, 0.25) is 0 Å². The number of aromatic nitrogens is 3. The molecule has 0 saturated heterocycles. The lowest BCUT2D eigenvalue weighted by molar-refractivity contribution is -0.274. The molecule has 0 bridgehead atoms. The van der Waals surface area contributed by atoms with Gasteiger partial charge in [-0.1, -0.05) is 18.2 Å². The molecule has 2 aromatic heterocycles. The lowest BCUT2D eigenvalue weighted by Crippen LogP contribution is -2.50. The highest BCUT2D eigenvalue weighted by atomic mass is 19.4. The predicted molar refractivity (Wildman–Crippen MR) is 125 cm³/mol. The van der Waals surface area contributed by atoms with Crippen LogP contribution in [0.4, 0.5) is 13.2 Å². The highest BCUT2D eigenvalue weighted by Gasteiger charge is 2.43. The van der Waals surface area contributed by atoms with Crippen molar-refractivity contribution in [1.82, 2.24) is 20.1 Å². The summed E-state index contributed by atoms with van der Waals surface area (Å²) in [4.78, 5) is 26.3. The molecule has 192 valence electrons. The van der Waals surface area contributed by atoms with Gasteiger partial charge in [-0.3, -0.25) is 19.3 Å². The van der Waals surface area contributed by atoms with E-state index in [-0.39, 0.29) is 24.7 Å². The van der Waals surface area contributed by atoms with Crippen molar-refractivity contribution >= 4 is 23.3 Å². The summed E-state index contributed by atoms with van der Waals surface area (Å²) in [7, 11) is 1.79. The van der Waals surface area contributed by atoms with Crippen LogP contribution in [-0.2, 0) is 17.4 Å². The number of aryl methyl sites for hydroxylation is 1. The summed E-state index contributed by atoms with van der Waals surface area (Å²) in [6.45, 7) is 0.0283. The Morgan fingerprint density at radius 3 is 2.65 bits per heavy atom. The van der Waals surface area contributed by atoms with Crippen molar-refractivity contribution in [3.05, 3.63) is 83.8 Å². The molecule has 1 aliphatic rings. The Morgan fingerprint density at radius 1 is 1.22 bits per heavy atom. The van der Waals surface area contributed by atoms with E-state index >= 15 is 0 Å². The molecule has 5 rings (SSSR count). The Balaban J connectivity index is 0.00000102. The summed E-state index contributed by atoms with van der Waals surface area (Å²) < 4.78 is 49.3. The van der Waals surface area contributed by atoms with E-state index < -0.39 is 11.9 Å². The summed E-state index contributed by atoms with van der Waals surface area (Å²) >= 11 is 0. The van der Waals surface area contributed by atoms with Crippen molar-refractivity contribution in [1.29, 1.82) is 0 Å². The number of hydrogen-bond acceptors (Lipinski definition) is 6. The number of alkyl halides is 3. The highest BCUT2D eigenvalue weighted by molar-refractivity contribution is 5.98. The zero-order valence-corrected chi connectivity index (χ0v) is 19.4. The van der Waals surface area contributed by atoms with Crippen LogP contribution in [0.25, 0.3) is 10.9 Å². The number of halogens is 3. The van der Waals surface area contributed by atoms with Crippen LogP contribution in [-0.4, -0.2) is 45.2 Å². The minimum Gasteiger partial charge on any atom is -0.491 e. The monoisotopic (exact) mass is 514 g/mol. The zero-order chi connectivity index (χ0) is 26.6. The average Bonchev–Trinajstić information content (AvgIpc) is 3.24. The van der Waals surface area contributed by atoms with E-state index in [1.807, 2.05) is 6.07 Å². The van der Waals surface area contributed by atoms with Crippen LogP contribution in [0, 0.1) is 0 Å². The SMILES string of the molecule is Cn1ncc2ccc(C(=O)NC3(c4ccc(OC(F)(F)F)cc4)CCOc4cccnc43)cc21.O=CO. The lowest BCUT2D eigenvalue weighted by Gasteiger charge is -2.39. The number of nitrogens with zero attached hydrogens (tertiary/aromatic N) is 3. The molecule has 1 unspecified atom stereocenters. The third-order valence-electron chi connectivity index (χ3n) is 5.83. The predicted octanol–water partition coefficient (Wildman–Crippen LogP) is 4.02. The number of nitrogens with one attached hydrogen (secondary N) is 1. The first-order valence-electron chi connectivity index (χ1n) is 10.9. The van der Waals surface area contributed by atoms with Gasteiger partial charge in [0.25, 0.3) is 12.4 Å². The number of carbonyl (C=O) groups excluding carboxylic acids is 1. The highest BCUT2D eigenvalue weighted by Crippen LogP contribution is 2.41. The smallest absolute Gasteiger partial charge is 0.491 e. The van der Waals surface area contributed by atoms with Gasteiger partial charge >= 0.3 is 6.36 Å². The van der Waals surface area contributed by atoms with Gasteiger partial charge in [0.15, 0.2) is 0 Å². The molecule has 0 saturated carbocycles. The van der Waals surface area contributed by atoms with Crippen molar-refractivity contribution in [3.63, 3.8) is 0 Å². The number of carboxylic acid groups (broad SMARTS) is 1. The third-order valence-corrected chi connectivity index (χ3v) is 5.83. The van der Waals surface area contributed by atoms with Crippen LogP contribution in [0.5, 0.6) is 11.5 Å². The van der Waals surface area contributed by atoms with Crippen LogP contribution in [0.3, 0.4) is 0 Å². The van der Waals surface area contributed by atoms with Crippen LogP contribution in [0.1, 0.15) is 28.0 Å². The fourth-order valence-electron chi connectivity index (χ4n) is 4.23. The van der Waals surface area contributed by atoms with E-state index in [9.17, 15) is 18.0 Å². The Hall–Kier alpha value is -4.61. The second-order valence-electron chi connectivity index (χ2n) is 8.03. The molecule has 1 atom stereocenters. The first-order valence-corrected chi connectivity index (χ1v) is 10.9. The summed E-state index contributed by atoms with van der Waals surface area (Å²) in [5, 5.41) is 15.1. The number of pyridine rings is 1. The first kappa shape index (κ1) is 25.5. The van der Waals surface area contributed by atoms with E-state index in [1.165, 1.54) is 24.3 Å². The van der Waals surface area contributed by atoms with Crippen LogP contribution in [0.15, 0.2) is 67.0 Å². The minimum atomic E-state index is -4.80. The van der Waals surface area contributed by atoms with Crippen molar-refractivity contribution in [2.24, 2.45) is 7.05 Å². The van der Waals surface area contributed by atoms with E-state index in [0.29, 0.717) is 29.0 Å². The van der Waals surface area contributed by atoms with Gasteiger partial charge in [-0.05, 0) is 42.0 Å². The maximum Gasteiger partial charge on any atom is 0.573 e. The Morgan fingerprint density at radius 2 is 1.95 bits per heavy atom. The van der Waals surface area contributed by atoms with Crippen LogP contribution < -0.4 is 14.8 Å². The normalized spacial score (nSPS) is 16.5. The molecule has 37 heavy (non-hydrogen) atoms. The maximum absolute atomic E-state index is 13.4. The van der Waals surface area contributed by atoms with Gasteiger partial charge in [-0.2, -0.15) is 5.10 Å². The number of hydrogen-bond donors (Lipinski definition) is 2. The van der Waals surface area contributed by atoms with Crippen molar-refractivity contribution < 1.29 is 37.3 Å². The fourth-order valence-corrected chi connectivity index (χ4v) is 4.23. The Bertz CT molecular complexity index is 1420. The number of carbonyl (C=O) groups is 2. The lowest BCUT2D eigenvalue weighted by atomic mass is 9.81. The molecule has 0 spiro atoms. The molecule has 0 aliphatic carbocycles. The summed E-state index contributed by atoms with van der Waals surface area (Å²) in [5.74, 6) is -0.225. The molecule has 3 heterocycles. The minimum absolute atomic E-state index is 0.250. The first-order chi connectivity index (χ1) is 17.7. The zero-order valence-electron chi connectivity index (χ0n) is 19.4. The topological polar surface area (TPSA) is 116 Å². The molecule has 1 aliphatic heterocycles. The van der Waals surface area contributed by atoms with Gasteiger partial charge in [-0.15, -0.1) is 13.2 Å². The quantitative estimate of drug-likeness (QED) is 0.395. The molecule has 0 fully saturated rings. The largest absolute Gasteiger partial charge is 0.573 e. The van der Waals surface area contributed by atoms with Crippen LogP contribution >= 0.6 is 0 Å². The summed E-state index contributed by atoms with van der Waals surface area (Å²) in [6, 6.07) is 14.1. The summed E-state index contributed by atoms with van der Waals surface area (Å²) in [5.41, 5.74) is 1.11. The molecule has 2 aromatic carbocycles. The summed E-state index contributed by atoms with van der Waals surface area (Å²) in [6.07, 6.45) is -1.18. The van der Waals surface area contributed by atoms with Crippen molar-refractivity contribution in [2.75, 3.05) is 6.61 Å². The second kappa shape index (κ2) is 10.2. The number of rotatable bonds is 4. The van der Waals surface area contributed by atoms with E-state index in [4.69, 9.17) is 14.6 Å². The molecule has 4 aromatic rings. The van der Waals surface area contributed by atoms with Gasteiger partial charge in [0.1, 0.15) is 22.7 Å². The number of ether oxygens (including phenoxy) is 2. The molecular weight excluding hydrogens is 493 g/mol. The van der Waals surface area contributed by atoms with Crippen molar-refractivity contribution in [3.8, 4) is 11.5 Å². The van der Waals surface area contributed by atoms with E-state index in [1.54, 1.807) is 48.4 Å². The number of amides is 1.